The van der Waals surface area contributed by atoms with Crippen LogP contribution in [0.15, 0.2) is 35.7 Å². The summed E-state index contributed by atoms with van der Waals surface area (Å²) in [4.78, 5) is 27.1. The van der Waals surface area contributed by atoms with E-state index in [1.54, 1.807) is 12.3 Å². The van der Waals surface area contributed by atoms with Gasteiger partial charge in [0.25, 0.3) is 0 Å². The van der Waals surface area contributed by atoms with E-state index in [1.165, 1.54) is 11.3 Å². The first-order chi connectivity index (χ1) is 10.7. The van der Waals surface area contributed by atoms with Crippen molar-refractivity contribution in [2.45, 2.75) is 20.1 Å². The molecule has 6 nitrogen and oxygen atoms in total. The van der Waals surface area contributed by atoms with Crippen molar-refractivity contribution < 1.29 is 19.1 Å². The number of benzene rings is 1. The molecule has 2 rings (SSSR count). The van der Waals surface area contributed by atoms with Gasteiger partial charge in [0.1, 0.15) is 11.6 Å². The first kappa shape index (κ1) is 16.0. The summed E-state index contributed by atoms with van der Waals surface area (Å²) in [6.07, 6.45) is -0.531. The van der Waals surface area contributed by atoms with Crippen molar-refractivity contribution in [1.82, 2.24) is 10.3 Å². The van der Waals surface area contributed by atoms with E-state index in [2.05, 4.69) is 10.3 Å². The van der Waals surface area contributed by atoms with E-state index >= 15 is 0 Å². The summed E-state index contributed by atoms with van der Waals surface area (Å²) in [5, 5.41) is 4.80. The van der Waals surface area contributed by atoms with Crippen molar-refractivity contribution in [1.29, 1.82) is 0 Å². The van der Waals surface area contributed by atoms with Crippen molar-refractivity contribution in [3.8, 4) is 0 Å². The van der Waals surface area contributed by atoms with Crippen LogP contribution in [0.3, 0.4) is 0 Å². The van der Waals surface area contributed by atoms with Crippen molar-refractivity contribution in [3.05, 3.63) is 52.0 Å². The average molecular weight is 320 g/mol. The maximum atomic E-state index is 11.6. The maximum absolute atomic E-state index is 11.6. The van der Waals surface area contributed by atoms with Crippen LogP contribution in [0.2, 0.25) is 0 Å². The summed E-state index contributed by atoms with van der Waals surface area (Å²) in [5.74, 6) is -0.461. The molecule has 0 fully saturated rings. The van der Waals surface area contributed by atoms with Crippen LogP contribution in [-0.4, -0.2) is 23.7 Å². The Labute approximate surface area is 132 Å². The van der Waals surface area contributed by atoms with Gasteiger partial charge < -0.3 is 14.8 Å². The van der Waals surface area contributed by atoms with Crippen molar-refractivity contribution in [2.75, 3.05) is 6.61 Å². The quantitative estimate of drug-likeness (QED) is 0.828. The molecule has 0 unspecified atom stereocenters. The monoisotopic (exact) mass is 320 g/mol. The minimum atomic E-state index is -0.531. The van der Waals surface area contributed by atoms with Gasteiger partial charge in [-0.3, -0.25) is 0 Å². The third-order valence-corrected chi connectivity index (χ3v) is 3.48. The molecule has 7 heteroatoms. The fourth-order valence-electron chi connectivity index (χ4n) is 1.61. The van der Waals surface area contributed by atoms with E-state index < -0.39 is 12.1 Å². The van der Waals surface area contributed by atoms with E-state index in [9.17, 15) is 9.59 Å². The molecule has 1 amide bonds. The Morgan fingerprint density at radius 3 is 2.73 bits per heavy atom. The largest absolute Gasteiger partial charge is 0.461 e. The Hall–Kier alpha value is -2.41. The topological polar surface area (TPSA) is 77.5 Å². The summed E-state index contributed by atoms with van der Waals surface area (Å²) in [7, 11) is 0. The lowest BCUT2D eigenvalue weighted by Gasteiger charge is -2.05. The molecule has 0 bridgehead atoms. The standard InChI is InChI=1S/C15H16N2O4S/c1-2-20-14(18)12-10-22-13(17-12)8-16-15(19)21-9-11-6-4-3-5-7-11/h3-7,10H,2,8-9H2,1H3,(H,16,19). The number of alkyl carbamates (subject to hydrolysis) is 1. The third kappa shape index (κ3) is 4.85. The van der Waals surface area contributed by atoms with Gasteiger partial charge in [0.15, 0.2) is 5.69 Å². The van der Waals surface area contributed by atoms with Crippen LogP contribution in [0.4, 0.5) is 4.79 Å². The maximum Gasteiger partial charge on any atom is 0.407 e. The average Bonchev–Trinajstić information content (AvgIpc) is 3.01. The van der Waals surface area contributed by atoms with E-state index in [1.807, 2.05) is 30.3 Å². The molecule has 0 aliphatic heterocycles. The Bertz CT molecular complexity index is 627. The fourth-order valence-corrected chi connectivity index (χ4v) is 2.32. The van der Waals surface area contributed by atoms with Crippen LogP contribution < -0.4 is 5.32 Å². The second-order valence-electron chi connectivity index (χ2n) is 4.26. The van der Waals surface area contributed by atoms with Crippen LogP contribution in [0.1, 0.15) is 28.0 Å². The second-order valence-corrected chi connectivity index (χ2v) is 5.20. The lowest BCUT2D eigenvalue weighted by Crippen LogP contribution is -2.23. The molecule has 116 valence electrons. The van der Waals surface area contributed by atoms with Gasteiger partial charge in [-0.25, -0.2) is 14.6 Å². The minimum absolute atomic E-state index is 0.206. The highest BCUT2D eigenvalue weighted by molar-refractivity contribution is 7.09. The van der Waals surface area contributed by atoms with Crippen LogP contribution in [0.25, 0.3) is 0 Å². The molecular weight excluding hydrogens is 304 g/mol. The highest BCUT2D eigenvalue weighted by atomic mass is 32.1. The SMILES string of the molecule is CCOC(=O)c1csc(CNC(=O)OCc2ccccc2)n1. The van der Waals surface area contributed by atoms with Gasteiger partial charge in [0.2, 0.25) is 0 Å². The van der Waals surface area contributed by atoms with Crippen LogP contribution in [0.5, 0.6) is 0 Å². The predicted octanol–water partition coefficient (Wildman–Crippen LogP) is 2.75. The zero-order chi connectivity index (χ0) is 15.8. The van der Waals surface area contributed by atoms with Gasteiger partial charge in [0, 0.05) is 5.38 Å². The van der Waals surface area contributed by atoms with Gasteiger partial charge >= 0.3 is 12.1 Å². The fraction of sp³-hybridized carbons (Fsp3) is 0.267. The number of nitrogens with zero attached hydrogens (tertiary/aromatic N) is 1. The zero-order valence-electron chi connectivity index (χ0n) is 12.1. The number of aromatic nitrogens is 1. The van der Waals surface area contributed by atoms with Crippen molar-refractivity contribution >= 4 is 23.4 Å². The smallest absolute Gasteiger partial charge is 0.407 e. The van der Waals surface area contributed by atoms with E-state index in [-0.39, 0.29) is 18.8 Å². The molecule has 0 aliphatic carbocycles. The summed E-state index contributed by atoms with van der Waals surface area (Å²) < 4.78 is 9.93. The van der Waals surface area contributed by atoms with Gasteiger partial charge in [0.05, 0.1) is 13.2 Å². The number of carbonyl (C=O) groups excluding carboxylic acids is 2. The third-order valence-electron chi connectivity index (χ3n) is 2.63. The van der Waals surface area contributed by atoms with Crippen LogP contribution in [-0.2, 0) is 22.6 Å². The summed E-state index contributed by atoms with van der Waals surface area (Å²) in [6, 6.07) is 9.40. The summed E-state index contributed by atoms with van der Waals surface area (Å²) in [6.45, 7) is 2.45. The molecule has 22 heavy (non-hydrogen) atoms. The Morgan fingerprint density at radius 2 is 2.00 bits per heavy atom. The summed E-state index contributed by atoms with van der Waals surface area (Å²) >= 11 is 1.28. The molecule has 1 N–H and O–H groups in total. The first-order valence-corrected chi connectivity index (χ1v) is 7.63. The lowest BCUT2D eigenvalue weighted by molar-refractivity contribution is 0.0520. The normalized spacial score (nSPS) is 10.0. The van der Waals surface area contributed by atoms with E-state index in [0.717, 1.165) is 5.56 Å². The molecule has 0 saturated carbocycles. The van der Waals surface area contributed by atoms with Gasteiger partial charge in [-0.15, -0.1) is 11.3 Å². The van der Waals surface area contributed by atoms with E-state index in [0.29, 0.717) is 11.6 Å². The summed E-state index contributed by atoms with van der Waals surface area (Å²) in [5.41, 5.74) is 1.16. The van der Waals surface area contributed by atoms with E-state index in [4.69, 9.17) is 9.47 Å². The highest BCUT2D eigenvalue weighted by Gasteiger charge is 2.12. The number of ether oxygens (including phenoxy) is 2. The molecule has 0 aliphatic rings. The molecule has 1 aromatic carbocycles. The predicted molar refractivity (Wildman–Crippen MR) is 81.5 cm³/mol. The number of hydrogen-bond donors (Lipinski definition) is 1. The number of esters is 1. The number of nitrogens with one attached hydrogen (secondary N) is 1. The number of thiazole rings is 1. The first-order valence-electron chi connectivity index (χ1n) is 6.75. The zero-order valence-corrected chi connectivity index (χ0v) is 12.9. The van der Waals surface area contributed by atoms with Crippen molar-refractivity contribution in [2.24, 2.45) is 0 Å². The second kappa shape index (κ2) is 8.14. The number of hydrogen-bond acceptors (Lipinski definition) is 6. The molecular formula is C15H16N2O4S. The lowest BCUT2D eigenvalue weighted by atomic mass is 10.2. The Morgan fingerprint density at radius 1 is 1.23 bits per heavy atom. The van der Waals surface area contributed by atoms with Gasteiger partial charge in [-0.05, 0) is 12.5 Å². The molecule has 0 saturated heterocycles. The number of carbonyl (C=O) groups is 2. The van der Waals surface area contributed by atoms with Crippen LogP contribution in [0, 0.1) is 0 Å². The molecule has 0 spiro atoms. The molecule has 2 aromatic rings. The Balaban J connectivity index is 1.75. The molecule has 0 atom stereocenters. The Kier molecular flexibility index (Phi) is 5.91. The highest BCUT2D eigenvalue weighted by Crippen LogP contribution is 2.10. The number of rotatable bonds is 6. The van der Waals surface area contributed by atoms with Gasteiger partial charge in [-0.1, -0.05) is 30.3 Å². The molecule has 1 heterocycles. The number of amides is 1. The van der Waals surface area contributed by atoms with Crippen LogP contribution >= 0.6 is 11.3 Å². The van der Waals surface area contributed by atoms with Crippen molar-refractivity contribution in [3.63, 3.8) is 0 Å². The molecule has 1 aromatic heterocycles. The van der Waals surface area contributed by atoms with Gasteiger partial charge in [-0.2, -0.15) is 0 Å². The molecule has 0 radical (unpaired) electrons. The minimum Gasteiger partial charge on any atom is -0.461 e.